The molecule has 0 amide bonds. The van der Waals surface area contributed by atoms with Gasteiger partial charge in [-0.1, -0.05) is 34.3 Å². The molecule has 3 heteroatoms. The van der Waals surface area contributed by atoms with Gasteiger partial charge < -0.3 is 9.47 Å². The first kappa shape index (κ1) is 15.0. The van der Waals surface area contributed by atoms with Crippen LogP contribution in [0.15, 0.2) is 12.7 Å². The van der Waals surface area contributed by atoms with Crippen LogP contribution in [0.4, 0.5) is 4.79 Å². The van der Waals surface area contributed by atoms with Crippen molar-refractivity contribution >= 4 is 6.16 Å². The van der Waals surface area contributed by atoms with E-state index in [4.69, 9.17) is 9.47 Å². The van der Waals surface area contributed by atoms with Gasteiger partial charge in [-0.05, 0) is 31.3 Å². The van der Waals surface area contributed by atoms with Crippen LogP contribution in [0.2, 0.25) is 0 Å². The van der Waals surface area contributed by atoms with Gasteiger partial charge in [0.2, 0.25) is 0 Å². The summed E-state index contributed by atoms with van der Waals surface area (Å²) in [6, 6.07) is 0. The monoisotopic (exact) mass is 228 g/mol. The summed E-state index contributed by atoms with van der Waals surface area (Å²) in [5.41, 5.74) is -0.574. The third-order valence-electron chi connectivity index (χ3n) is 2.77. The molecule has 0 saturated carbocycles. The molecule has 0 atom stereocenters. The van der Waals surface area contributed by atoms with Gasteiger partial charge in [-0.3, -0.25) is 0 Å². The van der Waals surface area contributed by atoms with Gasteiger partial charge in [-0.25, -0.2) is 4.79 Å². The molecule has 0 aliphatic carbocycles. The molecule has 0 radical (unpaired) electrons. The topological polar surface area (TPSA) is 35.5 Å². The first-order chi connectivity index (χ1) is 7.49. The van der Waals surface area contributed by atoms with Crippen molar-refractivity contribution < 1.29 is 14.3 Å². The molecular formula is C13H24O3. The summed E-state index contributed by atoms with van der Waals surface area (Å²) in [4.78, 5) is 11.4. The lowest BCUT2D eigenvalue weighted by Gasteiger charge is -2.27. The van der Waals surface area contributed by atoms with Crippen LogP contribution < -0.4 is 0 Å². The van der Waals surface area contributed by atoms with Gasteiger partial charge in [0.25, 0.3) is 0 Å². The molecule has 0 aliphatic heterocycles. The fourth-order valence-corrected chi connectivity index (χ4v) is 1.30. The third kappa shape index (κ3) is 5.19. The Labute approximate surface area is 98.8 Å². The fourth-order valence-electron chi connectivity index (χ4n) is 1.30. The summed E-state index contributed by atoms with van der Waals surface area (Å²) >= 11 is 0. The number of carbonyl (C=O) groups is 1. The Kier molecular flexibility index (Phi) is 6.86. The van der Waals surface area contributed by atoms with Crippen molar-refractivity contribution in [3.8, 4) is 0 Å². The lowest BCUT2D eigenvalue weighted by atomic mass is 9.98. The third-order valence-corrected chi connectivity index (χ3v) is 2.77. The lowest BCUT2D eigenvalue weighted by Crippen LogP contribution is -2.31. The highest BCUT2D eigenvalue weighted by molar-refractivity contribution is 5.60. The molecule has 0 aromatic heterocycles. The first-order valence-electron chi connectivity index (χ1n) is 5.99. The predicted octanol–water partition coefficient (Wildman–Crippen LogP) is 3.93. The van der Waals surface area contributed by atoms with Crippen LogP contribution in [0.25, 0.3) is 0 Å². The molecule has 0 aromatic rings. The van der Waals surface area contributed by atoms with E-state index < -0.39 is 11.8 Å². The smallest absolute Gasteiger partial charge is 0.434 e. The largest absolute Gasteiger partial charge is 0.509 e. The van der Waals surface area contributed by atoms with Crippen molar-refractivity contribution in [1.29, 1.82) is 0 Å². The van der Waals surface area contributed by atoms with Crippen LogP contribution in [-0.4, -0.2) is 18.4 Å². The molecular weight excluding hydrogens is 204 g/mol. The Morgan fingerprint density at radius 1 is 1.38 bits per heavy atom. The van der Waals surface area contributed by atoms with E-state index in [2.05, 4.69) is 20.4 Å². The van der Waals surface area contributed by atoms with Gasteiger partial charge in [0.05, 0.1) is 6.61 Å². The molecule has 3 nitrogen and oxygen atoms in total. The highest BCUT2D eigenvalue weighted by Crippen LogP contribution is 2.22. The molecule has 0 aromatic carbocycles. The molecule has 0 heterocycles. The van der Waals surface area contributed by atoms with Gasteiger partial charge in [-0.2, -0.15) is 0 Å². The van der Waals surface area contributed by atoms with E-state index in [1.165, 1.54) is 0 Å². The number of hydrogen-bond acceptors (Lipinski definition) is 3. The highest BCUT2D eigenvalue weighted by atomic mass is 16.7. The summed E-state index contributed by atoms with van der Waals surface area (Å²) in [7, 11) is 0. The molecule has 0 rings (SSSR count). The standard InChI is InChI=1S/C13H24O3/c1-6-13(7-2,8-3)16-12(14)15-10-9-11(4)5/h6,11H,1,7-10H2,2-5H3. The Bertz CT molecular complexity index is 217. The summed E-state index contributed by atoms with van der Waals surface area (Å²) in [6.45, 7) is 12.2. The summed E-state index contributed by atoms with van der Waals surface area (Å²) in [6.07, 6.45) is 3.37. The first-order valence-corrected chi connectivity index (χ1v) is 5.99. The Balaban J connectivity index is 4.06. The number of carbonyl (C=O) groups excluding carboxylic acids is 1. The number of ether oxygens (including phenoxy) is 2. The van der Waals surface area contributed by atoms with E-state index in [0.717, 1.165) is 6.42 Å². The highest BCUT2D eigenvalue weighted by Gasteiger charge is 2.27. The van der Waals surface area contributed by atoms with E-state index in [-0.39, 0.29) is 0 Å². The minimum Gasteiger partial charge on any atom is -0.434 e. The van der Waals surface area contributed by atoms with Crippen molar-refractivity contribution in [3.63, 3.8) is 0 Å². The van der Waals surface area contributed by atoms with E-state index >= 15 is 0 Å². The quantitative estimate of drug-likeness (QED) is 0.489. The van der Waals surface area contributed by atoms with Crippen molar-refractivity contribution in [2.75, 3.05) is 6.61 Å². The van der Waals surface area contributed by atoms with Crippen molar-refractivity contribution in [2.45, 2.75) is 52.6 Å². The SMILES string of the molecule is C=CC(CC)(CC)OC(=O)OCCC(C)C. The molecule has 0 N–H and O–H groups in total. The van der Waals surface area contributed by atoms with Crippen LogP contribution in [0.3, 0.4) is 0 Å². The van der Waals surface area contributed by atoms with Gasteiger partial charge in [0.1, 0.15) is 5.60 Å². The predicted molar refractivity (Wildman–Crippen MR) is 65.4 cm³/mol. The molecule has 16 heavy (non-hydrogen) atoms. The second kappa shape index (κ2) is 7.31. The van der Waals surface area contributed by atoms with Gasteiger partial charge in [0, 0.05) is 0 Å². The van der Waals surface area contributed by atoms with Crippen LogP contribution in [0, 0.1) is 5.92 Å². The van der Waals surface area contributed by atoms with E-state index in [1.54, 1.807) is 6.08 Å². The van der Waals surface area contributed by atoms with E-state index in [0.29, 0.717) is 25.4 Å². The maximum absolute atomic E-state index is 11.4. The van der Waals surface area contributed by atoms with Crippen molar-refractivity contribution in [3.05, 3.63) is 12.7 Å². The molecule has 0 unspecified atom stereocenters. The molecule has 0 fully saturated rings. The van der Waals surface area contributed by atoms with E-state index in [1.807, 2.05) is 13.8 Å². The number of hydrogen-bond donors (Lipinski definition) is 0. The summed E-state index contributed by atoms with van der Waals surface area (Å²) in [5, 5.41) is 0. The second-order valence-electron chi connectivity index (χ2n) is 4.36. The van der Waals surface area contributed by atoms with Crippen molar-refractivity contribution in [1.82, 2.24) is 0 Å². The summed E-state index contributed by atoms with van der Waals surface area (Å²) < 4.78 is 10.3. The Hall–Kier alpha value is -0.990. The number of rotatable bonds is 7. The van der Waals surface area contributed by atoms with Crippen molar-refractivity contribution in [2.24, 2.45) is 5.92 Å². The van der Waals surface area contributed by atoms with Crippen LogP contribution in [0.1, 0.15) is 47.0 Å². The Morgan fingerprint density at radius 3 is 2.31 bits per heavy atom. The summed E-state index contributed by atoms with van der Waals surface area (Å²) in [5.74, 6) is 0.523. The fraction of sp³-hybridized carbons (Fsp3) is 0.769. The molecule has 0 spiro atoms. The average Bonchev–Trinajstić information content (AvgIpc) is 2.25. The normalized spacial score (nSPS) is 11.3. The minimum atomic E-state index is -0.593. The zero-order valence-corrected chi connectivity index (χ0v) is 10.9. The van der Waals surface area contributed by atoms with Gasteiger partial charge in [0.15, 0.2) is 0 Å². The minimum absolute atomic E-state index is 0.414. The van der Waals surface area contributed by atoms with Crippen LogP contribution in [-0.2, 0) is 9.47 Å². The van der Waals surface area contributed by atoms with Gasteiger partial charge in [-0.15, -0.1) is 0 Å². The molecule has 94 valence electrons. The molecule has 0 aliphatic rings. The van der Waals surface area contributed by atoms with Crippen LogP contribution in [0.5, 0.6) is 0 Å². The maximum Gasteiger partial charge on any atom is 0.509 e. The molecule has 0 saturated heterocycles. The zero-order valence-electron chi connectivity index (χ0n) is 10.9. The van der Waals surface area contributed by atoms with E-state index in [9.17, 15) is 4.79 Å². The molecule has 0 bridgehead atoms. The average molecular weight is 228 g/mol. The lowest BCUT2D eigenvalue weighted by molar-refractivity contribution is -0.0154. The van der Waals surface area contributed by atoms with Crippen LogP contribution >= 0.6 is 0 Å². The second-order valence-corrected chi connectivity index (χ2v) is 4.36. The van der Waals surface area contributed by atoms with Gasteiger partial charge >= 0.3 is 6.16 Å². The Morgan fingerprint density at radius 2 is 1.94 bits per heavy atom. The zero-order chi connectivity index (χ0) is 12.6. The maximum atomic E-state index is 11.4.